The second-order valence-electron chi connectivity index (χ2n) is 17.3. The van der Waals surface area contributed by atoms with E-state index < -0.39 is 11.9 Å². The predicted molar refractivity (Wildman–Crippen MR) is 189 cm³/mol. The first kappa shape index (κ1) is 35.2. The Balaban J connectivity index is 1.16. The van der Waals surface area contributed by atoms with E-state index in [1.165, 1.54) is 44.1 Å². The molecule has 6 rings (SSSR count). The fraction of sp³-hybridized carbons (Fsp3) is 0.732. The molecule has 4 fully saturated rings. The van der Waals surface area contributed by atoms with E-state index >= 15 is 0 Å². The van der Waals surface area contributed by atoms with Crippen molar-refractivity contribution in [3.05, 3.63) is 41.5 Å². The molecular formula is C41H60N2O5. The Kier molecular flexibility index (Phi) is 9.69. The number of carbonyl (C=O) groups is 3. The van der Waals surface area contributed by atoms with Crippen molar-refractivity contribution in [1.82, 2.24) is 10.2 Å². The number of allylic oxidation sites excluding steroid dienone is 2. The van der Waals surface area contributed by atoms with Crippen molar-refractivity contribution in [2.75, 3.05) is 26.2 Å². The molecule has 1 aromatic rings. The number of benzene rings is 1. The number of aliphatic carboxylic acids is 1. The molecule has 0 aliphatic heterocycles. The van der Waals surface area contributed by atoms with Crippen molar-refractivity contribution < 1.29 is 24.6 Å². The Morgan fingerprint density at radius 3 is 2.29 bits per heavy atom. The maximum Gasteiger partial charge on any atom is 0.335 e. The van der Waals surface area contributed by atoms with Gasteiger partial charge in [-0.05, 0) is 146 Å². The molecule has 0 radical (unpaired) electrons. The molecule has 0 saturated heterocycles. The highest BCUT2D eigenvalue weighted by Crippen LogP contribution is 2.73. The molecule has 8 unspecified atom stereocenters. The van der Waals surface area contributed by atoms with E-state index in [2.05, 4.69) is 50.9 Å². The van der Waals surface area contributed by atoms with Crippen molar-refractivity contribution >= 4 is 23.4 Å². The molecule has 264 valence electrons. The van der Waals surface area contributed by atoms with E-state index in [-0.39, 0.29) is 28.6 Å². The van der Waals surface area contributed by atoms with Crippen LogP contribution in [0.5, 0.6) is 0 Å². The van der Waals surface area contributed by atoms with Gasteiger partial charge in [-0.3, -0.25) is 9.59 Å². The topological polar surface area (TPSA) is 107 Å². The molecule has 0 aromatic heterocycles. The Labute approximate surface area is 288 Å². The van der Waals surface area contributed by atoms with E-state index in [9.17, 15) is 19.5 Å². The van der Waals surface area contributed by atoms with Crippen LogP contribution in [0.2, 0.25) is 0 Å². The van der Waals surface area contributed by atoms with Gasteiger partial charge >= 0.3 is 11.9 Å². The molecule has 0 bridgehead atoms. The molecular weight excluding hydrogens is 600 g/mol. The number of nitrogens with zero attached hydrogens (tertiary/aromatic N) is 1. The number of carboxylic acids is 2. The van der Waals surface area contributed by atoms with Crippen LogP contribution in [0, 0.1) is 51.2 Å². The van der Waals surface area contributed by atoms with Crippen LogP contribution >= 0.6 is 0 Å². The number of rotatable bonds is 11. The summed E-state index contributed by atoms with van der Waals surface area (Å²) in [4.78, 5) is 38.8. The van der Waals surface area contributed by atoms with Crippen LogP contribution in [0.4, 0.5) is 0 Å². The Morgan fingerprint density at radius 1 is 0.854 bits per heavy atom. The first-order valence-corrected chi connectivity index (χ1v) is 19.0. The first-order chi connectivity index (χ1) is 22.8. The molecule has 1 amide bonds. The van der Waals surface area contributed by atoms with Gasteiger partial charge in [-0.1, -0.05) is 59.2 Å². The summed E-state index contributed by atoms with van der Waals surface area (Å²) in [7, 11) is 0. The standard InChI is InChI=1S/C41H60N2O5/c1-6-43(25-8-10-35(44)45)26-24-42-37(48)41-20-7-9-32(41)29-15-16-34-39(4,31(29)18-23-41)22-19-33-38(2,3)30(17-21-40(33,34)5)27-11-13-28(14-12-27)36(46)47/h11-14,17,29,31-34H,6-10,15-16,18-26H2,1-5H3,(H,42,48)(H,44,45)(H,46,47). The molecule has 7 nitrogen and oxygen atoms in total. The second-order valence-corrected chi connectivity index (χ2v) is 17.3. The summed E-state index contributed by atoms with van der Waals surface area (Å²) in [6.45, 7) is 15.2. The van der Waals surface area contributed by atoms with Crippen LogP contribution in [0.15, 0.2) is 30.3 Å². The van der Waals surface area contributed by atoms with Crippen LogP contribution in [0.1, 0.15) is 128 Å². The summed E-state index contributed by atoms with van der Waals surface area (Å²) in [5.74, 6) is 1.70. The molecule has 48 heavy (non-hydrogen) atoms. The zero-order valence-corrected chi connectivity index (χ0v) is 30.2. The first-order valence-electron chi connectivity index (χ1n) is 19.0. The summed E-state index contributed by atoms with van der Waals surface area (Å²) in [5.41, 5.74) is 3.18. The number of amides is 1. The van der Waals surface area contributed by atoms with Crippen LogP contribution < -0.4 is 5.32 Å². The molecule has 5 aliphatic rings. The maximum atomic E-state index is 14.1. The van der Waals surface area contributed by atoms with E-state index in [1.54, 1.807) is 12.1 Å². The Hall–Kier alpha value is -2.67. The summed E-state index contributed by atoms with van der Waals surface area (Å²) in [6.07, 6.45) is 15.0. The van der Waals surface area contributed by atoms with Gasteiger partial charge in [0, 0.05) is 19.5 Å². The van der Waals surface area contributed by atoms with Crippen molar-refractivity contribution in [2.24, 2.45) is 51.2 Å². The summed E-state index contributed by atoms with van der Waals surface area (Å²) in [5, 5.41) is 21.8. The molecule has 0 heterocycles. The minimum atomic E-state index is -0.878. The monoisotopic (exact) mass is 660 g/mol. The van der Waals surface area contributed by atoms with Crippen LogP contribution in [0.3, 0.4) is 0 Å². The van der Waals surface area contributed by atoms with Crippen molar-refractivity contribution in [2.45, 2.75) is 112 Å². The third-order valence-corrected chi connectivity index (χ3v) is 15.0. The number of carboxylic acid groups (broad SMARTS) is 2. The van der Waals surface area contributed by atoms with E-state index in [4.69, 9.17) is 5.11 Å². The number of likely N-dealkylation sites (N-methyl/N-ethyl adjacent to an activating group) is 1. The molecule has 5 aliphatic carbocycles. The number of hydrogen-bond donors (Lipinski definition) is 3. The summed E-state index contributed by atoms with van der Waals surface area (Å²) >= 11 is 0. The van der Waals surface area contributed by atoms with Gasteiger partial charge in [-0.15, -0.1) is 0 Å². The average Bonchev–Trinajstić information content (AvgIpc) is 3.49. The summed E-state index contributed by atoms with van der Waals surface area (Å²) in [6, 6.07) is 7.51. The quantitative estimate of drug-likeness (QED) is 0.221. The third kappa shape index (κ3) is 5.84. The smallest absolute Gasteiger partial charge is 0.335 e. The lowest BCUT2D eigenvalue weighted by Gasteiger charge is -2.68. The van der Waals surface area contributed by atoms with Gasteiger partial charge in [0.05, 0.1) is 11.0 Å². The van der Waals surface area contributed by atoms with Crippen LogP contribution in [-0.4, -0.2) is 59.1 Å². The molecule has 0 spiro atoms. The SMILES string of the molecule is CCN(CCCC(=O)O)CCNC(=O)C12CCCC1C1CCC3C(C)(CCC4C(C)(C)C(c5ccc(C(=O)O)cc5)=CCC43C)C1CC2. The number of aromatic carboxylic acids is 1. The van der Waals surface area contributed by atoms with Crippen molar-refractivity contribution in [1.29, 1.82) is 0 Å². The van der Waals surface area contributed by atoms with Crippen LogP contribution in [-0.2, 0) is 9.59 Å². The number of carbonyl (C=O) groups excluding carboxylic acids is 1. The Bertz CT molecular complexity index is 1420. The highest BCUT2D eigenvalue weighted by molar-refractivity contribution is 5.88. The van der Waals surface area contributed by atoms with Gasteiger partial charge in [-0.25, -0.2) is 4.79 Å². The second kappa shape index (κ2) is 13.2. The van der Waals surface area contributed by atoms with Gasteiger partial charge < -0.3 is 20.4 Å². The van der Waals surface area contributed by atoms with E-state index in [0.717, 1.165) is 50.9 Å². The lowest BCUT2D eigenvalue weighted by atomic mass is 9.36. The lowest BCUT2D eigenvalue weighted by molar-refractivity contribution is -0.181. The lowest BCUT2D eigenvalue weighted by Crippen LogP contribution is -2.62. The normalized spacial score (nSPS) is 36.6. The van der Waals surface area contributed by atoms with Gasteiger partial charge in [0.1, 0.15) is 0 Å². The summed E-state index contributed by atoms with van der Waals surface area (Å²) < 4.78 is 0. The van der Waals surface area contributed by atoms with Gasteiger partial charge in [0.2, 0.25) is 5.91 Å². The zero-order chi connectivity index (χ0) is 34.5. The number of nitrogens with one attached hydrogen (secondary N) is 1. The molecule has 4 saturated carbocycles. The van der Waals surface area contributed by atoms with Crippen LogP contribution in [0.25, 0.3) is 5.57 Å². The highest BCUT2D eigenvalue weighted by atomic mass is 16.4. The minimum absolute atomic E-state index is 0.00475. The predicted octanol–water partition coefficient (Wildman–Crippen LogP) is 8.15. The molecule has 7 heteroatoms. The van der Waals surface area contributed by atoms with Gasteiger partial charge in [0.25, 0.3) is 0 Å². The minimum Gasteiger partial charge on any atom is -0.481 e. The van der Waals surface area contributed by atoms with E-state index in [0.29, 0.717) is 53.5 Å². The molecule has 1 aromatic carbocycles. The van der Waals surface area contributed by atoms with E-state index in [1.807, 2.05) is 12.1 Å². The van der Waals surface area contributed by atoms with Gasteiger partial charge in [0.15, 0.2) is 0 Å². The number of fused-ring (bicyclic) bond motifs is 7. The fourth-order valence-electron chi connectivity index (χ4n) is 12.9. The number of hydrogen-bond acceptors (Lipinski definition) is 4. The van der Waals surface area contributed by atoms with Crippen molar-refractivity contribution in [3.63, 3.8) is 0 Å². The maximum absolute atomic E-state index is 14.1. The largest absolute Gasteiger partial charge is 0.481 e. The Morgan fingerprint density at radius 2 is 1.60 bits per heavy atom. The highest BCUT2D eigenvalue weighted by Gasteiger charge is 2.66. The van der Waals surface area contributed by atoms with Gasteiger partial charge in [-0.2, -0.15) is 0 Å². The third-order valence-electron chi connectivity index (χ3n) is 15.0. The molecule has 8 atom stereocenters. The molecule has 3 N–H and O–H groups in total. The zero-order valence-electron chi connectivity index (χ0n) is 30.2. The van der Waals surface area contributed by atoms with Crippen molar-refractivity contribution in [3.8, 4) is 0 Å². The average molecular weight is 661 g/mol. The fourth-order valence-corrected chi connectivity index (χ4v) is 12.9.